The highest BCUT2D eigenvalue weighted by atomic mass is 32.1. The van der Waals surface area contributed by atoms with Gasteiger partial charge < -0.3 is 0 Å². The van der Waals surface area contributed by atoms with Crippen molar-refractivity contribution in [3.8, 4) is 16.9 Å². The first-order valence-electron chi connectivity index (χ1n) is 5.76. The maximum Gasteiger partial charge on any atom is 0.312 e. The standard InChI is InChI=1S/C14H9FN2OS2/c15-11-6-9(3-4-13(11)19)12-8-20-14(18)17(12)10-2-1-5-16-7-10/h1-8,19H. The van der Waals surface area contributed by atoms with E-state index in [2.05, 4.69) is 17.6 Å². The number of nitrogens with zero attached hydrogens (tertiary/aromatic N) is 2. The normalized spacial score (nSPS) is 10.7. The lowest BCUT2D eigenvalue weighted by Gasteiger charge is -2.07. The Bertz CT molecular complexity index is 812. The molecule has 0 spiro atoms. The number of thiazole rings is 1. The zero-order chi connectivity index (χ0) is 14.1. The minimum absolute atomic E-state index is 0.136. The van der Waals surface area contributed by atoms with Gasteiger partial charge >= 0.3 is 4.87 Å². The van der Waals surface area contributed by atoms with Crippen LogP contribution in [0.2, 0.25) is 0 Å². The number of aromatic nitrogens is 2. The second-order valence-corrected chi connectivity index (χ2v) is 5.40. The van der Waals surface area contributed by atoms with E-state index in [1.54, 1.807) is 42.0 Å². The summed E-state index contributed by atoms with van der Waals surface area (Å²) in [6.07, 6.45) is 3.23. The molecule has 20 heavy (non-hydrogen) atoms. The summed E-state index contributed by atoms with van der Waals surface area (Å²) in [5.41, 5.74) is 1.92. The summed E-state index contributed by atoms with van der Waals surface area (Å²) in [6.45, 7) is 0. The molecular formula is C14H9FN2OS2. The summed E-state index contributed by atoms with van der Waals surface area (Å²) >= 11 is 5.08. The van der Waals surface area contributed by atoms with Crippen LogP contribution in [-0.4, -0.2) is 9.55 Å². The molecule has 3 nitrogen and oxygen atoms in total. The predicted molar refractivity (Wildman–Crippen MR) is 80.4 cm³/mol. The van der Waals surface area contributed by atoms with Gasteiger partial charge in [0.1, 0.15) is 5.82 Å². The summed E-state index contributed by atoms with van der Waals surface area (Å²) < 4.78 is 15.2. The van der Waals surface area contributed by atoms with Crippen molar-refractivity contribution in [1.29, 1.82) is 0 Å². The molecule has 0 aliphatic rings. The number of hydrogen-bond acceptors (Lipinski definition) is 4. The molecule has 100 valence electrons. The molecule has 0 radical (unpaired) electrons. The average Bonchev–Trinajstić information content (AvgIpc) is 2.85. The van der Waals surface area contributed by atoms with Gasteiger partial charge in [-0.2, -0.15) is 0 Å². The fourth-order valence-electron chi connectivity index (χ4n) is 1.90. The number of pyridine rings is 1. The van der Waals surface area contributed by atoms with Crippen LogP contribution in [0.1, 0.15) is 0 Å². The summed E-state index contributed by atoms with van der Waals surface area (Å²) in [6, 6.07) is 8.22. The van der Waals surface area contributed by atoms with Gasteiger partial charge in [-0.25, -0.2) is 4.39 Å². The van der Waals surface area contributed by atoms with Gasteiger partial charge in [-0.15, -0.1) is 12.6 Å². The summed E-state index contributed by atoms with van der Waals surface area (Å²) in [5, 5.41) is 1.71. The number of benzene rings is 1. The smallest absolute Gasteiger partial charge is 0.266 e. The summed E-state index contributed by atoms with van der Waals surface area (Å²) in [4.78, 5) is 16.2. The molecule has 0 atom stereocenters. The van der Waals surface area contributed by atoms with Crippen LogP contribution < -0.4 is 4.87 Å². The second kappa shape index (κ2) is 5.22. The van der Waals surface area contributed by atoms with E-state index in [1.807, 2.05) is 0 Å². The topological polar surface area (TPSA) is 34.9 Å². The number of halogens is 1. The van der Waals surface area contributed by atoms with Crippen LogP contribution in [0.25, 0.3) is 16.9 Å². The van der Waals surface area contributed by atoms with Crippen molar-refractivity contribution < 1.29 is 4.39 Å². The molecule has 0 aliphatic carbocycles. The highest BCUT2D eigenvalue weighted by molar-refractivity contribution is 7.80. The van der Waals surface area contributed by atoms with E-state index in [-0.39, 0.29) is 9.77 Å². The SMILES string of the molecule is O=c1scc(-c2ccc(S)c(F)c2)n1-c1cccnc1. The Morgan fingerprint density at radius 2 is 2.15 bits per heavy atom. The third kappa shape index (κ3) is 2.28. The molecular weight excluding hydrogens is 295 g/mol. The van der Waals surface area contributed by atoms with E-state index in [4.69, 9.17) is 0 Å². The van der Waals surface area contributed by atoms with Gasteiger partial charge in [-0.1, -0.05) is 17.4 Å². The summed E-state index contributed by atoms with van der Waals surface area (Å²) in [7, 11) is 0. The van der Waals surface area contributed by atoms with E-state index in [0.29, 0.717) is 16.9 Å². The highest BCUT2D eigenvalue weighted by Crippen LogP contribution is 2.25. The van der Waals surface area contributed by atoms with Gasteiger partial charge in [0.25, 0.3) is 0 Å². The van der Waals surface area contributed by atoms with Crippen LogP contribution in [-0.2, 0) is 0 Å². The van der Waals surface area contributed by atoms with E-state index < -0.39 is 5.82 Å². The van der Waals surface area contributed by atoms with Gasteiger partial charge in [0.2, 0.25) is 0 Å². The molecule has 3 aromatic rings. The van der Waals surface area contributed by atoms with Crippen molar-refractivity contribution in [1.82, 2.24) is 9.55 Å². The van der Waals surface area contributed by atoms with Crippen molar-refractivity contribution in [2.24, 2.45) is 0 Å². The van der Waals surface area contributed by atoms with E-state index in [1.165, 1.54) is 10.6 Å². The van der Waals surface area contributed by atoms with Crippen molar-refractivity contribution in [3.63, 3.8) is 0 Å². The Kier molecular flexibility index (Phi) is 3.42. The van der Waals surface area contributed by atoms with Crippen LogP contribution in [0.3, 0.4) is 0 Å². The third-order valence-corrected chi connectivity index (χ3v) is 3.93. The largest absolute Gasteiger partial charge is 0.312 e. The zero-order valence-corrected chi connectivity index (χ0v) is 11.9. The molecule has 3 rings (SSSR count). The molecule has 0 unspecified atom stereocenters. The minimum atomic E-state index is -0.415. The lowest BCUT2D eigenvalue weighted by Crippen LogP contribution is -2.11. The van der Waals surface area contributed by atoms with Gasteiger partial charge in [0.15, 0.2) is 0 Å². The van der Waals surface area contributed by atoms with Crippen LogP contribution in [0.4, 0.5) is 4.39 Å². The Labute approximate surface area is 123 Å². The molecule has 0 amide bonds. The van der Waals surface area contributed by atoms with Gasteiger partial charge in [0.05, 0.1) is 17.6 Å². The van der Waals surface area contributed by atoms with Crippen molar-refractivity contribution >= 4 is 24.0 Å². The molecule has 1 aromatic carbocycles. The molecule has 2 aromatic heterocycles. The predicted octanol–water partition coefficient (Wildman–Crippen LogP) is 3.39. The maximum atomic E-state index is 13.6. The quantitative estimate of drug-likeness (QED) is 0.737. The van der Waals surface area contributed by atoms with Gasteiger partial charge in [-0.3, -0.25) is 14.3 Å². The Morgan fingerprint density at radius 1 is 1.30 bits per heavy atom. The molecule has 0 N–H and O–H groups in total. The monoisotopic (exact) mass is 304 g/mol. The lowest BCUT2D eigenvalue weighted by atomic mass is 10.1. The van der Waals surface area contributed by atoms with E-state index >= 15 is 0 Å². The first kappa shape index (κ1) is 13.1. The number of hydrogen-bond donors (Lipinski definition) is 1. The fourth-order valence-corrected chi connectivity index (χ4v) is 2.81. The molecule has 6 heteroatoms. The molecule has 0 saturated carbocycles. The van der Waals surface area contributed by atoms with Crippen LogP contribution in [0.15, 0.2) is 57.8 Å². The average molecular weight is 304 g/mol. The van der Waals surface area contributed by atoms with Crippen LogP contribution >= 0.6 is 24.0 Å². The van der Waals surface area contributed by atoms with E-state index in [0.717, 1.165) is 11.3 Å². The molecule has 2 heterocycles. The third-order valence-electron chi connectivity index (χ3n) is 2.84. The first-order valence-corrected chi connectivity index (χ1v) is 7.09. The Morgan fingerprint density at radius 3 is 2.85 bits per heavy atom. The van der Waals surface area contributed by atoms with Crippen molar-refractivity contribution in [2.75, 3.05) is 0 Å². The number of thiol groups is 1. The van der Waals surface area contributed by atoms with Crippen LogP contribution in [0, 0.1) is 5.82 Å². The highest BCUT2D eigenvalue weighted by Gasteiger charge is 2.12. The first-order chi connectivity index (χ1) is 9.66. The number of rotatable bonds is 2. The van der Waals surface area contributed by atoms with Crippen LogP contribution in [0.5, 0.6) is 0 Å². The van der Waals surface area contributed by atoms with E-state index in [9.17, 15) is 9.18 Å². The van der Waals surface area contributed by atoms with Gasteiger partial charge in [-0.05, 0) is 24.3 Å². The van der Waals surface area contributed by atoms with Gasteiger partial charge in [0, 0.05) is 22.0 Å². The molecule has 0 bridgehead atoms. The molecule has 0 fully saturated rings. The van der Waals surface area contributed by atoms with Crippen molar-refractivity contribution in [3.05, 3.63) is 63.6 Å². The minimum Gasteiger partial charge on any atom is -0.266 e. The summed E-state index contributed by atoms with van der Waals surface area (Å²) in [5.74, 6) is -0.415. The zero-order valence-electron chi connectivity index (χ0n) is 10.2. The Hall–Kier alpha value is -1.92. The van der Waals surface area contributed by atoms with Crippen molar-refractivity contribution in [2.45, 2.75) is 4.90 Å². The molecule has 0 saturated heterocycles. The second-order valence-electron chi connectivity index (χ2n) is 4.10. The Balaban J connectivity index is 2.21. The maximum absolute atomic E-state index is 13.6. The lowest BCUT2D eigenvalue weighted by molar-refractivity contribution is 0.603. The fraction of sp³-hybridized carbons (Fsp3) is 0. The molecule has 0 aliphatic heterocycles.